The molecule has 0 fully saturated rings. The number of ether oxygens (including phenoxy) is 1. The van der Waals surface area contributed by atoms with E-state index in [1.165, 1.54) is 0 Å². The minimum absolute atomic E-state index is 0.287. The molecule has 1 aromatic rings. The number of aliphatic hydroxyl groups excluding tert-OH is 1. The minimum atomic E-state index is -0.560. The van der Waals surface area contributed by atoms with Crippen LogP contribution in [0.3, 0.4) is 0 Å². The Morgan fingerprint density at radius 3 is 2.75 bits per heavy atom. The lowest BCUT2D eigenvalue weighted by atomic mass is 10.3. The summed E-state index contributed by atoms with van der Waals surface area (Å²) in [6.07, 6.45) is -0.560. The zero-order chi connectivity index (χ0) is 12.1. The van der Waals surface area contributed by atoms with Crippen LogP contribution in [-0.4, -0.2) is 43.5 Å². The van der Waals surface area contributed by atoms with Crippen molar-refractivity contribution in [2.24, 2.45) is 0 Å². The van der Waals surface area contributed by atoms with Crippen molar-refractivity contribution in [3.05, 3.63) is 12.1 Å². The SMILES string of the molecule is COCC(O)CN(C)c1ccc(N)c(N)n1. The quantitative estimate of drug-likeness (QED) is 0.637. The molecule has 0 amide bonds. The van der Waals surface area contributed by atoms with Crippen LogP contribution in [0.25, 0.3) is 0 Å². The molecule has 1 heterocycles. The Kier molecular flexibility index (Phi) is 4.33. The maximum absolute atomic E-state index is 9.55. The van der Waals surface area contributed by atoms with Gasteiger partial charge in [-0.3, -0.25) is 0 Å². The first-order valence-corrected chi connectivity index (χ1v) is 4.94. The molecule has 16 heavy (non-hydrogen) atoms. The molecular formula is C10H18N4O2. The fourth-order valence-corrected chi connectivity index (χ4v) is 1.34. The largest absolute Gasteiger partial charge is 0.396 e. The lowest BCUT2D eigenvalue weighted by Crippen LogP contribution is -2.32. The zero-order valence-corrected chi connectivity index (χ0v) is 9.55. The van der Waals surface area contributed by atoms with E-state index in [0.29, 0.717) is 23.9 Å². The molecule has 0 saturated carbocycles. The molecule has 0 aromatic carbocycles. The van der Waals surface area contributed by atoms with Gasteiger partial charge in [0.25, 0.3) is 0 Å². The summed E-state index contributed by atoms with van der Waals surface area (Å²) in [6.45, 7) is 0.707. The van der Waals surface area contributed by atoms with Gasteiger partial charge < -0.3 is 26.2 Å². The third kappa shape index (κ3) is 3.25. The smallest absolute Gasteiger partial charge is 0.149 e. The molecule has 0 aliphatic rings. The molecule has 0 bridgehead atoms. The van der Waals surface area contributed by atoms with Crippen LogP contribution in [0.4, 0.5) is 17.3 Å². The number of nitrogens with zero attached hydrogens (tertiary/aromatic N) is 2. The van der Waals surface area contributed by atoms with E-state index >= 15 is 0 Å². The van der Waals surface area contributed by atoms with Crippen LogP contribution in [0, 0.1) is 0 Å². The minimum Gasteiger partial charge on any atom is -0.396 e. The monoisotopic (exact) mass is 226 g/mol. The summed E-state index contributed by atoms with van der Waals surface area (Å²) in [5.41, 5.74) is 11.6. The van der Waals surface area contributed by atoms with Gasteiger partial charge in [-0.25, -0.2) is 4.98 Å². The average molecular weight is 226 g/mol. The van der Waals surface area contributed by atoms with Gasteiger partial charge in [0, 0.05) is 20.7 Å². The Morgan fingerprint density at radius 2 is 2.19 bits per heavy atom. The molecule has 90 valence electrons. The van der Waals surface area contributed by atoms with Crippen molar-refractivity contribution in [1.29, 1.82) is 0 Å². The van der Waals surface area contributed by atoms with Crippen molar-refractivity contribution in [1.82, 2.24) is 4.98 Å². The molecule has 0 aliphatic carbocycles. The van der Waals surface area contributed by atoms with Gasteiger partial charge in [-0.15, -0.1) is 0 Å². The molecule has 0 radical (unpaired) electrons. The van der Waals surface area contributed by atoms with E-state index in [4.69, 9.17) is 16.2 Å². The van der Waals surface area contributed by atoms with E-state index in [0.717, 1.165) is 0 Å². The number of aromatic nitrogens is 1. The predicted molar refractivity (Wildman–Crippen MR) is 64.2 cm³/mol. The zero-order valence-electron chi connectivity index (χ0n) is 9.55. The van der Waals surface area contributed by atoms with Crippen LogP contribution < -0.4 is 16.4 Å². The number of anilines is 3. The van der Waals surface area contributed by atoms with Crippen molar-refractivity contribution in [2.45, 2.75) is 6.10 Å². The van der Waals surface area contributed by atoms with E-state index in [9.17, 15) is 5.11 Å². The molecule has 1 atom stereocenters. The van der Waals surface area contributed by atoms with Crippen LogP contribution in [0.1, 0.15) is 0 Å². The molecule has 0 aliphatic heterocycles. The third-order valence-electron chi connectivity index (χ3n) is 2.18. The number of hydrogen-bond donors (Lipinski definition) is 3. The van der Waals surface area contributed by atoms with Crippen molar-refractivity contribution >= 4 is 17.3 Å². The van der Waals surface area contributed by atoms with Gasteiger partial charge in [-0.05, 0) is 12.1 Å². The molecule has 5 N–H and O–H groups in total. The van der Waals surface area contributed by atoms with E-state index in [-0.39, 0.29) is 6.61 Å². The fourth-order valence-electron chi connectivity index (χ4n) is 1.34. The summed E-state index contributed by atoms with van der Waals surface area (Å²) >= 11 is 0. The number of rotatable bonds is 5. The predicted octanol–water partition coefficient (Wildman–Crippen LogP) is -0.310. The molecule has 1 unspecified atom stereocenters. The molecule has 0 saturated heterocycles. The summed E-state index contributed by atoms with van der Waals surface area (Å²) in [4.78, 5) is 5.90. The summed E-state index contributed by atoms with van der Waals surface area (Å²) in [6, 6.07) is 3.45. The highest BCUT2D eigenvalue weighted by Crippen LogP contribution is 2.17. The Morgan fingerprint density at radius 1 is 1.50 bits per heavy atom. The first-order chi connectivity index (χ1) is 7.54. The number of aliphatic hydroxyl groups is 1. The highest BCUT2D eigenvalue weighted by Gasteiger charge is 2.10. The first-order valence-electron chi connectivity index (χ1n) is 4.94. The highest BCUT2D eigenvalue weighted by atomic mass is 16.5. The van der Waals surface area contributed by atoms with Crippen LogP contribution >= 0.6 is 0 Å². The van der Waals surface area contributed by atoms with Crippen molar-refractivity contribution in [2.75, 3.05) is 43.7 Å². The second kappa shape index (κ2) is 5.53. The fraction of sp³-hybridized carbons (Fsp3) is 0.500. The van der Waals surface area contributed by atoms with E-state index in [1.54, 1.807) is 24.1 Å². The van der Waals surface area contributed by atoms with Gasteiger partial charge in [-0.2, -0.15) is 0 Å². The summed E-state index contributed by atoms with van der Waals surface area (Å²) in [5.74, 6) is 0.965. The topological polar surface area (TPSA) is 97.6 Å². The summed E-state index contributed by atoms with van der Waals surface area (Å²) in [5, 5.41) is 9.55. The molecule has 1 rings (SSSR count). The number of nitrogen functional groups attached to an aromatic ring is 2. The van der Waals surface area contributed by atoms with Crippen molar-refractivity contribution in [3.63, 3.8) is 0 Å². The Balaban J connectivity index is 2.65. The number of hydrogen-bond acceptors (Lipinski definition) is 6. The molecule has 1 aromatic heterocycles. The Labute approximate surface area is 94.8 Å². The Hall–Kier alpha value is -1.53. The summed E-state index contributed by atoms with van der Waals surface area (Å²) < 4.78 is 4.84. The molecule has 6 nitrogen and oxygen atoms in total. The van der Waals surface area contributed by atoms with Crippen LogP contribution in [0.15, 0.2) is 12.1 Å². The number of methoxy groups -OCH3 is 1. The van der Waals surface area contributed by atoms with Crippen molar-refractivity contribution in [3.8, 4) is 0 Å². The second-order valence-electron chi connectivity index (χ2n) is 3.63. The van der Waals surface area contributed by atoms with Gasteiger partial charge in [0.15, 0.2) is 0 Å². The Bertz CT molecular complexity index is 346. The van der Waals surface area contributed by atoms with E-state index in [2.05, 4.69) is 4.98 Å². The number of likely N-dealkylation sites (N-methyl/N-ethyl adjacent to an activating group) is 1. The lowest BCUT2D eigenvalue weighted by molar-refractivity contribution is 0.0694. The highest BCUT2D eigenvalue weighted by molar-refractivity contribution is 5.62. The molecular weight excluding hydrogens is 208 g/mol. The van der Waals surface area contributed by atoms with Gasteiger partial charge in [0.2, 0.25) is 0 Å². The van der Waals surface area contributed by atoms with E-state index in [1.807, 2.05) is 7.05 Å². The normalized spacial score (nSPS) is 12.4. The standard InChI is InChI=1S/C10H18N4O2/c1-14(5-7(15)6-16-2)9-4-3-8(11)10(12)13-9/h3-4,7,15H,5-6,11H2,1-2H3,(H2,12,13). The van der Waals surface area contributed by atoms with Crippen LogP contribution in [0.5, 0.6) is 0 Å². The maximum atomic E-state index is 9.55. The average Bonchev–Trinajstić information content (AvgIpc) is 2.22. The number of pyridine rings is 1. The lowest BCUT2D eigenvalue weighted by Gasteiger charge is -2.21. The van der Waals surface area contributed by atoms with Crippen LogP contribution in [0.2, 0.25) is 0 Å². The first kappa shape index (κ1) is 12.5. The summed E-state index contributed by atoms with van der Waals surface area (Å²) in [7, 11) is 3.36. The van der Waals surface area contributed by atoms with Crippen molar-refractivity contribution < 1.29 is 9.84 Å². The number of nitrogens with two attached hydrogens (primary N) is 2. The van der Waals surface area contributed by atoms with Gasteiger partial charge in [-0.1, -0.05) is 0 Å². The molecule has 0 spiro atoms. The molecule has 6 heteroatoms. The second-order valence-corrected chi connectivity index (χ2v) is 3.63. The van der Waals surface area contributed by atoms with Crippen LogP contribution in [-0.2, 0) is 4.74 Å². The maximum Gasteiger partial charge on any atom is 0.149 e. The van der Waals surface area contributed by atoms with Gasteiger partial charge in [0.1, 0.15) is 11.6 Å². The van der Waals surface area contributed by atoms with Gasteiger partial charge >= 0.3 is 0 Å². The van der Waals surface area contributed by atoms with Gasteiger partial charge in [0.05, 0.1) is 18.4 Å². The van der Waals surface area contributed by atoms with E-state index < -0.39 is 6.10 Å². The third-order valence-corrected chi connectivity index (χ3v) is 2.18.